The molecule has 1 saturated carbocycles. The first-order valence-electron chi connectivity index (χ1n) is 7.86. The molecule has 2 fully saturated rings. The summed E-state index contributed by atoms with van der Waals surface area (Å²) >= 11 is 1.83. The van der Waals surface area contributed by atoms with Gasteiger partial charge in [0.05, 0.1) is 4.90 Å². The van der Waals surface area contributed by atoms with Crippen molar-refractivity contribution < 1.29 is 8.42 Å². The number of sulfonamides is 1. The van der Waals surface area contributed by atoms with Gasteiger partial charge >= 0.3 is 0 Å². The topological polar surface area (TPSA) is 37.4 Å². The van der Waals surface area contributed by atoms with Gasteiger partial charge < -0.3 is 0 Å². The van der Waals surface area contributed by atoms with Gasteiger partial charge in [0.25, 0.3) is 0 Å². The van der Waals surface area contributed by atoms with E-state index in [4.69, 9.17) is 0 Å². The number of benzene rings is 1. The number of hydrogen-bond acceptors (Lipinski definition) is 3. The maximum Gasteiger partial charge on any atom is 0.243 e. The highest BCUT2D eigenvalue weighted by atomic mass is 32.2. The molecule has 3 nitrogen and oxygen atoms in total. The summed E-state index contributed by atoms with van der Waals surface area (Å²) in [6, 6.07) is 7.67. The van der Waals surface area contributed by atoms with Crippen molar-refractivity contribution in [2.45, 2.75) is 42.9 Å². The lowest BCUT2D eigenvalue weighted by Crippen LogP contribution is -2.37. The second-order valence-electron chi connectivity index (χ2n) is 5.92. The van der Waals surface area contributed by atoms with E-state index in [1.165, 1.54) is 37.7 Å². The van der Waals surface area contributed by atoms with Crippen LogP contribution in [0.25, 0.3) is 0 Å². The summed E-state index contributed by atoms with van der Waals surface area (Å²) in [5.74, 6) is 2.43. The Kier molecular flexibility index (Phi) is 4.92. The number of nitrogens with zero attached hydrogens (tertiary/aromatic N) is 1. The highest BCUT2D eigenvalue weighted by Crippen LogP contribution is 2.33. The van der Waals surface area contributed by atoms with Gasteiger partial charge in [-0.25, -0.2) is 8.42 Å². The van der Waals surface area contributed by atoms with E-state index < -0.39 is 10.0 Å². The summed E-state index contributed by atoms with van der Waals surface area (Å²) in [4.78, 5) is 0.453. The Bertz CT molecular complexity index is 556. The SMILES string of the molecule is O=S(=O)(c1ccc(C2CCCCC2)cc1)N1CCSCC1. The highest BCUT2D eigenvalue weighted by molar-refractivity contribution is 7.99. The molecule has 3 rings (SSSR count). The lowest BCUT2D eigenvalue weighted by atomic mass is 9.84. The predicted molar refractivity (Wildman–Crippen MR) is 88.4 cm³/mol. The van der Waals surface area contributed by atoms with E-state index in [0.29, 0.717) is 23.9 Å². The Hall–Kier alpha value is -0.520. The van der Waals surface area contributed by atoms with Crippen molar-refractivity contribution in [3.63, 3.8) is 0 Å². The van der Waals surface area contributed by atoms with Gasteiger partial charge in [-0.1, -0.05) is 31.4 Å². The molecule has 0 radical (unpaired) electrons. The van der Waals surface area contributed by atoms with Gasteiger partial charge in [-0.2, -0.15) is 16.1 Å². The van der Waals surface area contributed by atoms with Crippen LogP contribution in [0.15, 0.2) is 29.2 Å². The number of hydrogen-bond donors (Lipinski definition) is 0. The summed E-state index contributed by atoms with van der Waals surface area (Å²) in [5.41, 5.74) is 1.31. The molecule has 0 spiro atoms. The zero-order valence-electron chi connectivity index (χ0n) is 12.3. The van der Waals surface area contributed by atoms with E-state index in [-0.39, 0.29) is 0 Å². The van der Waals surface area contributed by atoms with Gasteiger partial charge in [0, 0.05) is 24.6 Å². The third kappa shape index (κ3) is 3.46. The average molecular weight is 325 g/mol. The monoisotopic (exact) mass is 325 g/mol. The van der Waals surface area contributed by atoms with E-state index >= 15 is 0 Å². The van der Waals surface area contributed by atoms with Gasteiger partial charge in [0.15, 0.2) is 0 Å². The van der Waals surface area contributed by atoms with Crippen molar-refractivity contribution in [3.05, 3.63) is 29.8 Å². The van der Waals surface area contributed by atoms with Gasteiger partial charge in [0.2, 0.25) is 10.0 Å². The standard InChI is InChI=1S/C16H23NO2S2/c18-21(19,17-10-12-20-13-11-17)16-8-6-15(7-9-16)14-4-2-1-3-5-14/h6-9,14H,1-5,10-13H2. The van der Waals surface area contributed by atoms with Gasteiger partial charge in [-0.05, 0) is 36.5 Å². The van der Waals surface area contributed by atoms with E-state index in [9.17, 15) is 8.42 Å². The molecule has 1 aromatic rings. The Balaban J connectivity index is 1.76. The zero-order chi connectivity index (χ0) is 14.7. The second kappa shape index (κ2) is 6.71. The summed E-state index contributed by atoms with van der Waals surface area (Å²) in [6.07, 6.45) is 6.44. The van der Waals surface area contributed by atoms with Crippen molar-refractivity contribution in [1.82, 2.24) is 4.31 Å². The minimum absolute atomic E-state index is 0.453. The molecule has 1 heterocycles. The van der Waals surface area contributed by atoms with Crippen LogP contribution in [0.3, 0.4) is 0 Å². The molecule has 21 heavy (non-hydrogen) atoms. The molecule has 0 atom stereocenters. The summed E-state index contributed by atoms with van der Waals surface area (Å²) < 4.78 is 26.8. The molecular weight excluding hydrogens is 302 g/mol. The van der Waals surface area contributed by atoms with Gasteiger partial charge in [-0.3, -0.25) is 0 Å². The first-order valence-corrected chi connectivity index (χ1v) is 10.5. The molecule has 1 aliphatic heterocycles. The maximum absolute atomic E-state index is 12.6. The third-order valence-electron chi connectivity index (χ3n) is 4.56. The van der Waals surface area contributed by atoms with Crippen LogP contribution in [0.4, 0.5) is 0 Å². The van der Waals surface area contributed by atoms with Crippen LogP contribution in [0.5, 0.6) is 0 Å². The Labute approximate surface area is 132 Å². The molecule has 2 aliphatic rings. The number of thioether (sulfide) groups is 1. The second-order valence-corrected chi connectivity index (χ2v) is 9.08. The highest BCUT2D eigenvalue weighted by Gasteiger charge is 2.26. The molecule has 1 saturated heterocycles. The zero-order valence-corrected chi connectivity index (χ0v) is 14.0. The number of rotatable bonds is 3. The van der Waals surface area contributed by atoms with E-state index in [1.807, 2.05) is 23.9 Å². The van der Waals surface area contributed by atoms with Crippen LogP contribution in [-0.2, 0) is 10.0 Å². The maximum atomic E-state index is 12.6. The van der Waals surface area contributed by atoms with Crippen LogP contribution in [0.2, 0.25) is 0 Å². The van der Waals surface area contributed by atoms with Crippen LogP contribution in [0.1, 0.15) is 43.6 Å². The van der Waals surface area contributed by atoms with Crippen molar-refractivity contribution in [3.8, 4) is 0 Å². The normalized spacial score (nSPS) is 22.3. The fourth-order valence-electron chi connectivity index (χ4n) is 3.28. The summed E-state index contributed by atoms with van der Waals surface area (Å²) in [5, 5.41) is 0. The Morgan fingerprint density at radius 1 is 0.952 bits per heavy atom. The van der Waals surface area contributed by atoms with Crippen molar-refractivity contribution >= 4 is 21.8 Å². The first-order chi connectivity index (χ1) is 10.2. The predicted octanol–water partition coefficient (Wildman–Crippen LogP) is 3.47. The van der Waals surface area contributed by atoms with Gasteiger partial charge in [-0.15, -0.1) is 0 Å². The minimum Gasteiger partial charge on any atom is -0.207 e. The Morgan fingerprint density at radius 2 is 1.57 bits per heavy atom. The molecule has 0 bridgehead atoms. The van der Waals surface area contributed by atoms with Gasteiger partial charge in [0.1, 0.15) is 0 Å². The van der Waals surface area contributed by atoms with Crippen molar-refractivity contribution in [2.75, 3.05) is 24.6 Å². The van der Waals surface area contributed by atoms with E-state index in [2.05, 4.69) is 0 Å². The molecule has 0 aromatic heterocycles. The minimum atomic E-state index is -3.29. The largest absolute Gasteiger partial charge is 0.243 e. The lowest BCUT2D eigenvalue weighted by molar-refractivity contribution is 0.441. The third-order valence-corrected chi connectivity index (χ3v) is 7.42. The van der Waals surface area contributed by atoms with E-state index in [1.54, 1.807) is 16.4 Å². The van der Waals surface area contributed by atoms with Crippen molar-refractivity contribution in [2.24, 2.45) is 0 Å². The molecule has 1 aliphatic carbocycles. The lowest BCUT2D eigenvalue weighted by Gasteiger charge is -2.26. The molecule has 0 amide bonds. The van der Waals surface area contributed by atoms with Crippen LogP contribution in [0, 0.1) is 0 Å². The Morgan fingerprint density at radius 3 is 2.19 bits per heavy atom. The van der Waals surface area contributed by atoms with Crippen LogP contribution in [-0.4, -0.2) is 37.3 Å². The summed E-state index contributed by atoms with van der Waals surface area (Å²) in [7, 11) is -3.29. The molecule has 0 N–H and O–H groups in total. The summed E-state index contributed by atoms with van der Waals surface area (Å²) in [6.45, 7) is 1.27. The quantitative estimate of drug-likeness (QED) is 0.854. The fraction of sp³-hybridized carbons (Fsp3) is 0.625. The fourth-order valence-corrected chi connectivity index (χ4v) is 5.86. The molecule has 116 valence electrons. The molecular formula is C16H23NO2S2. The van der Waals surface area contributed by atoms with E-state index in [0.717, 1.165) is 11.5 Å². The average Bonchev–Trinajstić information content (AvgIpc) is 2.57. The van der Waals surface area contributed by atoms with Crippen LogP contribution >= 0.6 is 11.8 Å². The molecule has 0 unspecified atom stereocenters. The van der Waals surface area contributed by atoms with Crippen molar-refractivity contribution in [1.29, 1.82) is 0 Å². The van der Waals surface area contributed by atoms with Crippen LogP contribution < -0.4 is 0 Å². The molecule has 5 heteroatoms. The smallest absolute Gasteiger partial charge is 0.207 e. The molecule has 1 aromatic carbocycles. The first kappa shape index (κ1) is 15.4.